The number of hydrogen-bond acceptors (Lipinski definition) is 5. The Hall–Kier alpha value is -3.48. The molecular weight excluding hydrogens is 450 g/mol. The summed E-state index contributed by atoms with van der Waals surface area (Å²) in [5.74, 6) is 1.39. The average molecular weight is 470 g/mol. The Morgan fingerprint density at radius 3 is 2.70 bits per heavy atom. The molecule has 1 aliphatic rings. The van der Waals surface area contributed by atoms with E-state index < -0.39 is 0 Å². The lowest BCUT2D eigenvalue weighted by Crippen LogP contribution is -2.21. The van der Waals surface area contributed by atoms with Crippen LogP contribution >= 0.6 is 23.1 Å². The van der Waals surface area contributed by atoms with E-state index in [1.54, 1.807) is 11.8 Å². The Balaban J connectivity index is 1.22. The van der Waals surface area contributed by atoms with Gasteiger partial charge in [-0.05, 0) is 58.8 Å². The number of hydrogen-bond donors (Lipinski definition) is 1. The molecule has 6 rings (SSSR count). The monoisotopic (exact) mass is 469 g/mol. The summed E-state index contributed by atoms with van der Waals surface area (Å²) in [6, 6.07) is 28.8. The van der Waals surface area contributed by atoms with Crippen molar-refractivity contribution in [3.63, 3.8) is 0 Å². The number of benzene rings is 4. The minimum Gasteiger partial charge on any atom is -0.454 e. The molecule has 162 valence electrons. The third-order valence-corrected chi connectivity index (χ3v) is 7.75. The lowest BCUT2D eigenvalue weighted by atomic mass is 10.1. The van der Waals surface area contributed by atoms with Crippen LogP contribution in [0.2, 0.25) is 0 Å². The van der Waals surface area contributed by atoms with E-state index in [4.69, 9.17) is 9.47 Å². The maximum absolute atomic E-state index is 12.9. The van der Waals surface area contributed by atoms with E-state index in [-0.39, 0.29) is 12.7 Å². The maximum atomic E-state index is 12.9. The van der Waals surface area contributed by atoms with Crippen molar-refractivity contribution in [2.45, 2.75) is 16.3 Å². The lowest BCUT2D eigenvalue weighted by molar-refractivity contribution is 0.0955. The molecule has 0 aliphatic carbocycles. The van der Waals surface area contributed by atoms with Crippen molar-refractivity contribution in [3.05, 3.63) is 95.4 Å². The van der Waals surface area contributed by atoms with Crippen LogP contribution in [0.15, 0.2) is 94.7 Å². The van der Waals surface area contributed by atoms with E-state index in [1.165, 1.54) is 27.0 Å². The number of carbonyl (C=O) groups is 1. The van der Waals surface area contributed by atoms with Crippen molar-refractivity contribution in [1.29, 1.82) is 0 Å². The molecule has 0 atom stereocenters. The van der Waals surface area contributed by atoms with E-state index in [2.05, 4.69) is 66.0 Å². The van der Waals surface area contributed by atoms with Gasteiger partial charge in [-0.1, -0.05) is 54.2 Å². The fraction of sp³-hybridized carbons (Fsp3) is 0.0741. The highest BCUT2D eigenvalue weighted by Crippen LogP contribution is 2.38. The molecule has 0 bridgehead atoms. The maximum Gasteiger partial charge on any atom is 0.261 e. The molecule has 1 N–H and O–H groups in total. The Kier molecular flexibility index (Phi) is 5.17. The molecule has 4 nitrogen and oxygen atoms in total. The second-order valence-electron chi connectivity index (χ2n) is 7.76. The summed E-state index contributed by atoms with van der Waals surface area (Å²) in [6.07, 6.45) is 0. The number of ether oxygens (including phenoxy) is 2. The highest BCUT2D eigenvalue weighted by molar-refractivity contribution is 7.99. The number of nitrogens with one attached hydrogen (secondary N) is 1. The van der Waals surface area contributed by atoms with Crippen LogP contribution in [0.25, 0.3) is 20.9 Å². The second-order valence-corrected chi connectivity index (χ2v) is 9.96. The predicted molar refractivity (Wildman–Crippen MR) is 134 cm³/mol. The number of thiophene rings is 1. The third-order valence-electron chi connectivity index (χ3n) is 5.58. The molecule has 2 heterocycles. The van der Waals surface area contributed by atoms with Crippen LogP contribution in [-0.4, -0.2) is 12.7 Å². The topological polar surface area (TPSA) is 47.6 Å². The van der Waals surface area contributed by atoms with Gasteiger partial charge in [0, 0.05) is 26.4 Å². The van der Waals surface area contributed by atoms with E-state index >= 15 is 0 Å². The predicted octanol–water partition coefficient (Wildman–Crippen LogP) is 6.86. The van der Waals surface area contributed by atoms with E-state index in [0.717, 1.165) is 32.0 Å². The van der Waals surface area contributed by atoms with Gasteiger partial charge in [0.15, 0.2) is 11.5 Å². The molecule has 0 saturated heterocycles. The van der Waals surface area contributed by atoms with Gasteiger partial charge in [0.05, 0.1) is 4.88 Å². The van der Waals surface area contributed by atoms with Gasteiger partial charge in [0.2, 0.25) is 6.79 Å². The highest BCUT2D eigenvalue weighted by Gasteiger charge is 2.15. The molecule has 0 spiro atoms. The van der Waals surface area contributed by atoms with Crippen molar-refractivity contribution < 1.29 is 14.3 Å². The first-order valence-electron chi connectivity index (χ1n) is 10.6. The molecule has 5 aromatic rings. The average Bonchev–Trinajstić information content (AvgIpc) is 3.50. The van der Waals surface area contributed by atoms with Gasteiger partial charge in [-0.15, -0.1) is 11.3 Å². The summed E-state index contributed by atoms with van der Waals surface area (Å²) < 4.78 is 11.9. The van der Waals surface area contributed by atoms with Crippen LogP contribution in [0.3, 0.4) is 0 Å². The van der Waals surface area contributed by atoms with E-state index in [0.29, 0.717) is 11.4 Å². The third kappa shape index (κ3) is 4.03. The SMILES string of the molecule is O=C(NCc1ccc2c(c1)OCO2)c1cc2c(Sc3ccc4ccccc4c3)cccc2s1. The Bertz CT molecular complexity index is 1510. The first-order chi connectivity index (χ1) is 16.2. The summed E-state index contributed by atoms with van der Waals surface area (Å²) in [5, 5.41) is 6.59. The van der Waals surface area contributed by atoms with Gasteiger partial charge in [0.25, 0.3) is 5.91 Å². The minimum absolute atomic E-state index is 0.0736. The van der Waals surface area contributed by atoms with Crippen molar-refractivity contribution in [2.24, 2.45) is 0 Å². The van der Waals surface area contributed by atoms with Gasteiger partial charge >= 0.3 is 0 Å². The Morgan fingerprint density at radius 2 is 1.76 bits per heavy atom. The molecule has 0 radical (unpaired) electrons. The molecule has 1 amide bonds. The van der Waals surface area contributed by atoms with Crippen LogP contribution < -0.4 is 14.8 Å². The quantitative estimate of drug-likeness (QED) is 0.305. The van der Waals surface area contributed by atoms with Crippen molar-refractivity contribution in [2.75, 3.05) is 6.79 Å². The summed E-state index contributed by atoms with van der Waals surface area (Å²) >= 11 is 3.25. The largest absolute Gasteiger partial charge is 0.454 e. The van der Waals surface area contributed by atoms with Crippen LogP contribution in [0, 0.1) is 0 Å². The Labute approximate surface area is 199 Å². The van der Waals surface area contributed by atoms with Crippen molar-refractivity contribution >= 4 is 49.9 Å². The molecule has 0 fully saturated rings. The number of carbonyl (C=O) groups excluding carboxylic acids is 1. The lowest BCUT2D eigenvalue weighted by Gasteiger charge is -2.05. The molecular formula is C27H19NO3S2. The van der Waals surface area contributed by atoms with Crippen LogP contribution in [0.1, 0.15) is 15.2 Å². The standard InChI is InChI=1S/C27H19NO3S2/c29-27(28-15-17-8-11-22-23(12-17)31-16-30-22)26-14-21-24(6-3-7-25(21)33-26)32-20-10-9-18-4-1-2-5-19(18)13-20/h1-14H,15-16H2,(H,28,29). The fourth-order valence-electron chi connectivity index (χ4n) is 3.91. The highest BCUT2D eigenvalue weighted by atomic mass is 32.2. The number of fused-ring (bicyclic) bond motifs is 3. The van der Waals surface area contributed by atoms with Crippen molar-refractivity contribution in [1.82, 2.24) is 5.32 Å². The summed E-state index contributed by atoms with van der Waals surface area (Å²) in [5.41, 5.74) is 0.973. The van der Waals surface area contributed by atoms with E-state index in [1.807, 2.05) is 24.3 Å². The van der Waals surface area contributed by atoms with Crippen LogP contribution in [0.5, 0.6) is 11.5 Å². The molecule has 0 saturated carbocycles. The van der Waals surface area contributed by atoms with Gasteiger partial charge in [-0.2, -0.15) is 0 Å². The van der Waals surface area contributed by atoms with E-state index in [9.17, 15) is 4.79 Å². The van der Waals surface area contributed by atoms with Gasteiger partial charge in [-0.25, -0.2) is 0 Å². The van der Waals surface area contributed by atoms with Crippen LogP contribution in [-0.2, 0) is 6.54 Å². The van der Waals surface area contributed by atoms with Gasteiger partial charge < -0.3 is 14.8 Å². The fourth-order valence-corrected chi connectivity index (χ4v) is 5.98. The summed E-state index contributed by atoms with van der Waals surface area (Å²) in [7, 11) is 0. The summed E-state index contributed by atoms with van der Waals surface area (Å²) in [4.78, 5) is 15.9. The zero-order valence-electron chi connectivity index (χ0n) is 17.5. The number of amides is 1. The van der Waals surface area contributed by atoms with Crippen LogP contribution in [0.4, 0.5) is 0 Å². The molecule has 0 unspecified atom stereocenters. The van der Waals surface area contributed by atoms with Gasteiger partial charge in [-0.3, -0.25) is 4.79 Å². The minimum atomic E-state index is -0.0736. The zero-order chi connectivity index (χ0) is 22.2. The van der Waals surface area contributed by atoms with Crippen molar-refractivity contribution in [3.8, 4) is 11.5 Å². The number of rotatable bonds is 5. The normalized spacial score (nSPS) is 12.4. The smallest absolute Gasteiger partial charge is 0.261 e. The zero-order valence-corrected chi connectivity index (χ0v) is 19.2. The molecule has 1 aliphatic heterocycles. The molecule has 6 heteroatoms. The van der Waals surface area contributed by atoms with Gasteiger partial charge in [0.1, 0.15) is 0 Å². The molecule has 33 heavy (non-hydrogen) atoms. The second kappa shape index (κ2) is 8.46. The molecule has 4 aromatic carbocycles. The first kappa shape index (κ1) is 20.1. The first-order valence-corrected chi connectivity index (χ1v) is 12.2. The Morgan fingerprint density at radius 1 is 0.879 bits per heavy atom. The molecule has 1 aromatic heterocycles. The summed E-state index contributed by atoms with van der Waals surface area (Å²) in [6.45, 7) is 0.675.